The molecular weight excluding hydrogens is 332 g/mol. The second kappa shape index (κ2) is 8.50. The molecule has 4 heteroatoms. The van der Waals surface area contributed by atoms with Gasteiger partial charge in [-0.15, -0.1) is 0 Å². The van der Waals surface area contributed by atoms with E-state index in [2.05, 4.69) is 18.2 Å². The minimum absolute atomic E-state index is 0.122. The molecule has 2 aromatic carbocycles. The average Bonchev–Trinajstić information content (AvgIpc) is 2.62. The quantitative estimate of drug-likeness (QED) is 0.874. The zero-order valence-corrected chi connectivity index (χ0v) is 15.5. The molecule has 1 aliphatic heterocycles. The monoisotopic (exact) mass is 357 g/mol. The first kappa shape index (κ1) is 18.0. The summed E-state index contributed by atoms with van der Waals surface area (Å²) in [6.07, 6.45) is 2.10. The number of carbonyl (C=O) groups excluding carboxylic acids is 1. The number of carbonyl (C=O) groups is 1. The number of hydrogen-bond acceptors (Lipinski definition) is 1. The molecule has 1 aliphatic rings. The van der Waals surface area contributed by atoms with Crippen LogP contribution in [0.25, 0.3) is 0 Å². The Kier molecular flexibility index (Phi) is 6.11. The third kappa shape index (κ3) is 5.07. The number of quaternary nitrogens is 1. The molecular formula is C21H26ClN2O+. The van der Waals surface area contributed by atoms with Gasteiger partial charge in [0, 0.05) is 24.2 Å². The van der Waals surface area contributed by atoms with Gasteiger partial charge in [0.15, 0.2) is 0 Å². The van der Waals surface area contributed by atoms with E-state index in [1.807, 2.05) is 48.3 Å². The molecule has 0 radical (unpaired) electrons. The first-order valence-electron chi connectivity index (χ1n) is 8.99. The van der Waals surface area contributed by atoms with Crippen LogP contribution >= 0.6 is 11.6 Å². The fourth-order valence-corrected chi connectivity index (χ4v) is 3.92. The highest BCUT2D eigenvalue weighted by molar-refractivity contribution is 6.30. The Morgan fingerprint density at radius 2 is 1.92 bits per heavy atom. The number of benzene rings is 2. The Morgan fingerprint density at radius 3 is 2.68 bits per heavy atom. The van der Waals surface area contributed by atoms with Gasteiger partial charge in [-0.05, 0) is 30.5 Å². The molecule has 1 heterocycles. The Balaban J connectivity index is 1.57. The Morgan fingerprint density at radius 1 is 1.16 bits per heavy atom. The SMILES string of the molecule is CN(Cc1ccccc1)C(=O)C1CCC[NH+](Cc2cccc(Cl)c2)C1. The minimum Gasteiger partial charge on any atom is -0.341 e. The Hall–Kier alpha value is -1.84. The summed E-state index contributed by atoms with van der Waals surface area (Å²) in [4.78, 5) is 16.2. The second-order valence-corrected chi connectivity index (χ2v) is 7.47. The number of nitrogens with one attached hydrogen (secondary N) is 1. The molecule has 0 bridgehead atoms. The van der Waals surface area contributed by atoms with E-state index in [9.17, 15) is 4.79 Å². The molecule has 1 amide bonds. The number of hydrogen-bond donors (Lipinski definition) is 1. The number of piperidine rings is 1. The maximum Gasteiger partial charge on any atom is 0.231 e. The fraction of sp³-hybridized carbons (Fsp3) is 0.381. The molecule has 1 N–H and O–H groups in total. The Bertz CT molecular complexity index is 704. The van der Waals surface area contributed by atoms with Crippen LogP contribution in [0, 0.1) is 5.92 Å². The van der Waals surface area contributed by atoms with E-state index in [1.165, 1.54) is 16.0 Å². The maximum atomic E-state index is 12.8. The third-order valence-electron chi connectivity index (χ3n) is 4.95. The molecule has 3 rings (SSSR count). The summed E-state index contributed by atoms with van der Waals surface area (Å²) in [5.41, 5.74) is 2.42. The summed E-state index contributed by atoms with van der Waals surface area (Å²) >= 11 is 6.09. The van der Waals surface area contributed by atoms with Gasteiger partial charge in [-0.3, -0.25) is 4.79 Å². The van der Waals surface area contributed by atoms with Crippen LogP contribution in [0.15, 0.2) is 54.6 Å². The molecule has 2 unspecified atom stereocenters. The number of rotatable bonds is 5. The van der Waals surface area contributed by atoms with Gasteiger partial charge >= 0.3 is 0 Å². The van der Waals surface area contributed by atoms with Gasteiger partial charge < -0.3 is 9.80 Å². The van der Waals surface area contributed by atoms with Gasteiger partial charge in [-0.25, -0.2) is 0 Å². The lowest BCUT2D eigenvalue weighted by Crippen LogP contribution is -3.12. The van der Waals surface area contributed by atoms with Crippen LogP contribution in [-0.2, 0) is 17.9 Å². The average molecular weight is 358 g/mol. The van der Waals surface area contributed by atoms with Crippen LogP contribution in [0.4, 0.5) is 0 Å². The molecule has 1 fully saturated rings. The van der Waals surface area contributed by atoms with E-state index in [-0.39, 0.29) is 11.8 Å². The van der Waals surface area contributed by atoms with Crippen molar-refractivity contribution in [1.29, 1.82) is 0 Å². The highest BCUT2D eigenvalue weighted by Gasteiger charge is 2.30. The van der Waals surface area contributed by atoms with E-state index in [0.29, 0.717) is 6.54 Å². The molecule has 3 nitrogen and oxygen atoms in total. The van der Waals surface area contributed by atoms with Crippen molar-refractivity contribution in [2.24, 2.45) is 5.92 Å². The van der Waals surface area contributed by atoms with Gasteiger partial charge in [0.25, 0.3) is 0 Å². The molecule has 0 aromatic heterocycles. The van der Waals surface area contributed by atoms with Crippen molar-refractivity contribution < 1.29 is 9.69 Å². The summed E-state index contributed by atoms with van der Waals surface area (Å²) in [5, 5.41) is 0.782. The topological polar surface area (TPSA) is 24.8 Å². The van der Waals surface area contributed by atoms with Crippen molar-refractivity contribution in [3.05, 3.63) is 70.7 Å². The number of nitrogens with zero attached hydrogens (tertiary/aromatic N) is 1. The van der Waals surface area contributed by atoms with E-state index < -0.39 is 0 Å². The molecule has 2 aromatic rings. The number of halogens is 1. The maximum absolute atomic E-state index is 12.8. The van der Waals surface area contributed by atoms with E-state index in [0.717, 1.165) is 37.5 Å². The predicted octanol–water partition coefficient (Wildman–Crippen LogP) is 2.79. The van der Waals surface area contributed by atoms with E-state index in [4.69, 9.17) is 11.6 Å². The lowest BCUT2D eigenvalue weighted by Gasteiger charge is -2.31. The van der Waals surface area contributed by atoms with Crippen molar-refractivity contribution in [2.75, 3.05) is 20.1 Å². The van der Waals surface area contributed by atoms with Crippen molar-refractivity contribution in [3.63, 3.8) is 0 Å². The summed E-state index contributed by atoms with van der Waals surface area (Å²) in [7, 11) is 1.92. The van der Waals surface area contributed by atoms with Gasteiger partial charge in [0.1, 0.15) is 6.54 Å². The largest absolute Gasteiger partial charge is 0.341 e. The van der Waals surface area contributed by atoms with Crippen LogP contribution in [-0.4, -0.2) is 30.9 Å². The highest BCUT2D eigenvalue weighted by atomic mass is 35.5. The zero-order valence-electron chi connectivity index (χ0n) is 14.7. The summed E-state index contributed by atoms with van der Waals surface area (Å²) in [6, 6.07) is 18.2. The first-order chi connectivity index (χ1) is 12.1. The molecule has 0 saturated carbocycles. The van der Waals surface area contributed by atoms with E-state index >= 15 is 0 Å². The normalized spacial score (nSPS) is 20.2. The Labute approximate surface area is 155 Å². The first-order valence-corrected chi connectivity index (χ1v) is 9.36. The molecule has 0 spiro atoms. The van der Waals surface area contributed by atoms with Crippen molar-refractivity contribution in [2.45, 2.75) is 25.9 Å². The second-order valence-electron chi connectivity index (χ2n) is 7.03. The van der Waals surface area contributed by atoms with Crippen LogP contribution < -0.4 is 4.90 Å². The lowest BCUT2D eigenvalue weighted by molar-refractivity contribution is -0.921. The van der Waals surface area contributed by atoms with Gasteiger partial charge in [0.05, 0.1) is 19.0 Å². The minimum atomic E-state index is 0.122. The summed E-state index contributed by atoms with van der Waals surface area (Å²) in [5.74, 6) is 0.392. The number of likely N-dealkylation sites (tertiary alicyclic amines) is 1. The standard InChI is InChI=1S/C21H25ClN2O/c1-23(14-17-7-3-2-4-8-17)21(25)19-10-6-12-24(16-19)15-18-9-5-11-20(22)13-18/h2-5,7-9,11,13,19H,6,10,12,14-16H2,1H3/p+1. The van der Waals surface area contributed by atoms with E-state index in [1.54, 1.807) is 0 Å². The molecule has 0 aliphatic carbocycles. The molecule has 2 atom stereocenters. The van der Waals surface area contributed by atoms with Gasteiger partial charge in [-0.1, -0.05) is 54.1 Å². The van der Waals surface area contributed by atoms with Crippen LogP contribution in [0.5, 0.6) is 0 Å². The summed E-state index contributed by atoms with van der Waals surface area (Å²) in [6.45, 7) is 3.65. The van der Waals surface area contributed by atoms with Crippen LogP contribution in [0.3, 0.4) is 0 Å². The van der Waals surface area contributed by atoms with Gasteiger partial charge in [-0.2, -0.15) is 0 Å². The van der Waals surface area contributed by atoms with Crippen molar-refractivity contribution in [3.8, 4) is 0 Å². The molecule has 132 valence electrons. The molecule has 1 saturated heterocycles. The van der Waals surface area contributed by atoms with Crippen LogP contribution in [0.2, 0.25) is 5.02 Å². The summed E-state index contributed by atoms with van der Waals surface area (Å²) < 4.78 is 0. The zero-order chi connectivity index (χ0) is 17.6. The molecule has 25 heavy (non-hydrogen) atoms. The van der Waals surface area contributed by atoms with Crippen molar-refractivity contribution in [1.82, 2.24) is 4.90 Å². The van der Waals surface area contributed by atoms with Crippen LogP contribution in [0.1, 0.15) is 24.0 Å². The van der Waals surface area contributed by atoms with Crippen molar-refractivity contribution >= 4 is 17.5 Å². The highest BCUT2D eigenvalue weighted by Crippen LogP contribution is 2.14. The lowest BCUT2D eigenvalue weighted by atomic mass is 9.96. The fourth-order valence-electron chi connectivity index (χ4n) is 3.70. The number of amides is 1. The predicted molar refractivity (Wildman–Crippen MR) is 101 cm³/mol. The smallest absolute Gasteiger partial charge is 0.231 e. The van der Waals surface area contributed by atoms with Gasteiger partial charge in [0.2, 0.25) is 5.91 Å². The third-order valence-corrected chi connectivity index (χ3v) is 5.18.